The molecule has 1 aromatic carbocycles. The van der Waals surface area contributed by atoms with Gasteiger partial charge in [-0.3, -0.25) is 9.59 Å². The van der Waals surface area contributed by atoms with Gasteiger partial charge >= 0.3 is 5.97 Å². The molecule has 1 rings (SSSR count). The van der Waals surface area contributed by atoms with Gasteiger partial charge in [0.15, 0.2) is 5.78 Å². The third kappa shape index (κ3) is 5.22. The molecule has 0 fully saturated rings. The average Bonchev–Trinajstić information content (AvgIpc) is 2.34. The number of nitrogens with one attached hydrogen (secondary N) is 1. The fourth-order valence-electron chi connectivity index (χ4n) is 1.88. The number of hydrogen-bond acceptors (Lipinski definition) is 3. The number of carboxylic acids is 1. The van der Waals surface area contributed by atoms with Crippen molar-refractivity contribution in [2.24, 2.45) is 0 Å². The van der Waals surface area contributed by atoms with Gasteiger partial charge in [-0.05, 0) is 13.3 Å². The summed E-state index contributed by atoms with van der Waals surface area (Å²) in [6.07, 6.45) is 0.294. The summed E-state index contributed by atoms with van der Waals surface area (Å²) in [5.74, 6) is -0.929. The third-order valence-corrected chi connectivity index (χ3v) is 2.83. The molecule has 0 aliphatic carbocycles. The van der Waals surface area contributed by atoms with Gasteiger partial charge in [0.05, 0.1) is 6.04 Å². The van der Waals surface area contributed by atoms with E-state index in [0.717, 1.165) is 5.56 Å². The molecule has 0 spiro atoms. The predicted octanol–water partition coefficient (Wildman–Crippen LogP) is 2.41. The van der Waals surface area contributed by atoms with E-state index in [2.05, 4.69) is 5.32 Å². The SMILES string of the molecule is Cc1ccc(C(=O)C(CCC(=O)O)NC(C)C)cc1. The van der Waals surface area contributed by atoms with Gasteiger partial charge in [-0.15, -0.1) is 0 Å². The lowest BCUT2D eigenvalue weighted by Gasteiger charge is -2.19. The Morgan fingerprint density at radius 2 is 1.79 bits per heavy atom. The average molecular weight is 263 g/mol. The number of carboxylic acid groups (broad SMARTS) is 1. The Balaban J connectivity index is 2.80. The number of aryl methyl sites for hydroxylation is 1. The van der Waals surface area contributed by atoms with E-state index in [0.29, 0.717) is 12.0 Å². The Morgan fingerprint density at radius 1 is 1.21 bits per heavy atom. The molecule has 4 nitrogen and oxygen atoms in total. The lowest BCUT2D eigenvalue weighted by molar-refractivity contribution is -0.137. The van der Waals surface area contributed by atoms with Gasteiger partial charge in [0.2, 0.25) is 0 Å². The third-order valence-electron chi connectivity index (χ3n) is 2.83. The maximum Gasteiger partial charge on any atom is 0.303 e. The minimum atomic E-state index is -0.882. The van der Waals surface area contributed by atoms with E-state index in [1.54, 1.807) is 12.1 Å². The summed E-state index contributed by atoms with van der Waals surface area (Å²) in [7, 11) is 0. The maximum atomic E-state index is 12.3. The van der Waals surface area contributed by atoms with Crippen LogP contribution in [-0.4, -0.2) is 28.9 Å². The fraction of sp³-hybridized carbons (Fsp3) is 0.467. The molecule has 0 bridgehead atoms. The highest BCUT2D eigenvalue weighted by Gasteiger charge is 2.21. The largest absolute Gasteiger partial charge is 0.481 e. The molecule has 0 aliphatic rings. The van der Waals surface area contributed by atoms with Crippen molar-refractivity contribution in [2.45, 2.75) is 45.7 Å². The minimum Gasteiger partial charge on any atom is -0.481 e. The summed E-state index contributed by atoms with van der Waals surface area (Å²) < 4.78 is 0. The van der Waals surface area contributed by atoms with Crippen LogP contribution in [0.25, 0.3) is 0 Å². The Bertz CT molecular complexity index is 437. The molecule has 0 heterocycles. The number of Topliss-reactive ketones (excluding diaryl/α,β-unsaturated/α-hetero) is 1. The summed E-state index contributed by atoms with van der Waals surface area (Å²) in [6, 6.07) is 7.03. The van der Waals surface area contributed by atoms with Crippen LogP contribution in [0.5, 0.6) is 0 Å². The van der Waals surface area contributed by atoms with Crippen LogP contribution >= 0.6 is 0 Å². The molecule has 2 N–H and O–H groups in total. The second kappa shape index (κ2) is 7.04. The van der Waals surface area contributed by atoms with Gasteiger partial charge in [-0.25, -0.2) is 0 Å². The molecule has 1 atom stereocenters. The van der Waals surface area contributed by atoms with Crippen molar-refractivity contribution in [3.05, 3.63) is 35.4 Å². The lowest BCUT2D eigenvalue weighted by Crippen LogP contribution is -2.41. The van der Waals surface area contributed by atoms with E-state index < -0.39 is 12.0 Å². The van der Waals surface area contributed by atoms with Gasteiger partial charge in [-0.1, -0.05) is 43.7 Å². The first-order valence-electron chi connectivity index (χ1n) is 6.49. The van der Waals surface area contributed by atoms with Gasteiger partial charge in [0.1, 0.15) is 0 Å². The van der Waals surface area contributed by atoms with E-state index in [1.807, 2.05) is 32.9 Å². The Labute approximate surface area is 113 Å². The monoisotopic (exact) mass is 263 g/mol. The van der Waals surface area contributed by atoms with E-state index >= 15 is 0 Å². The van der Waals surface area contributed by atoms with Crippen LogP contribution in [-0.2, 0) is 4.79 Å². The zero-order chi connectivity index (χ0) is 14.4. The highest BCUT2D eigenvalue weighted by Crippen LogP contribution is 2.10. The van der Waals surface area contributed by atoms with Crippen LogP contribution < -0.4 is 5.32 Å². The maximum absolute atomic E-state index is 12.3. The molecule has 1 unspecified atom stereocenters. The number of benzene rings is 1. The summed E-state index contributed by atoms with van der Waals surface area (Å²) in [6.45, 7) is 5.84. The molecule has 1 aromatic rings. The predicted molar refractivity (Wildman–Crippen MR) is 74.4 cm³/mol. The Morgan fingerprint density at radius 3 is 2.26 bits per heavy atom. The van der Waals surface area contributed by atoms with E-state index in [4.69, 9.17) is 5.11 Å². The van der Waals surface area contributed by atoms with Gasteiger partial charge in [0, 0.05) is 18.0 Å². The number of carbonyl (C=O) groups excluding carboxylic acids is 1. The summed E-state index contributed by atoms with van der Waals surface area (Å²) in [5, 5.41) is 11.9. The zero-order valence-corrected chi connectivity index (χ0v) is 11.6. The van der Waals surface area contributed by atoms with Crippen molar-refractivity contribution >= 4 is 11.8 Å². The number of carbonyl (C=O) groups is 2. The summed E-state index contributed by atoms with van der Waals surface area (Å²) in [4.78, 5) is 23.0. The molecule has 0 amide bonds. The molecule has 0 radical (unpaired) electrons. The van der Waals surface area contributed by atoms with Crippen LogP contribution in [0.15, 0.2) is 24.3 Å². The zero-order valence-electron chi connectivity index (χ0n) is 11.6. The first-order valence-corrected chi connectivity index (χ1v) is 6.49. The molecular weight excluding hydrogens is 242 g/mol. The van der Waals surface area contributed by atoms with Gasteiger partial charge in [-0.2, -0.15) is 0 Å². The topological polar surface area (TPSA) is 66.4 Å². The van der Waals surface area contributed by atoms with E-state index in [9.17, 15) is 9.59 Å². The van der Waals surface area contributed by atoms with Crippen LogP contribution in [0, 0.1) is 6.92 Å². The highest BCUT2D eigenvalue weighted by atomic mass is 16.4. The highest BCUT2D eigenvalue weighted by molar-refractivity contribution is 6.00. The molecule has 0 saturated carbocycles. The number of ketones is 1. The van der Waals surface area contributed by atoms with Crippen molar-refractivity contribution in [2.75, 3.05) is 0 Å². The summed E-state index contributed by atoms with van der Waals surface area (Å²) >= 11 is 0. The second-order valence-corrected chi connectivity index (χ2v) is 5.04. The van der Waals surface area contributed by atoms with Gasteiger partial charge < -0.3 is 10.4 Å². The van der Waals surface area contributed by atoms with Crippen LogP contribution in [0.2, 0.25) is 0 Å². The standard InChI is InChI=1S/C15H21NO3/c1-10(2)16-13(8-9-14(17)18)15(19)12-6-4-11(3)5-7-12/h4-7,10,13,16H,8-9H2,1-3H3,(H,17,18). The van der Waals surface area contributed by atoms with Crippen molar-refractivity contribution in [1.82, 2.24) is 5.32 Å². The molecular formula is C15H21NO3. The smallest absolute Gasteiger partial charge is 0.303 e. The fourth-order valence-corrected chi connectivity index (χ4v) is 1.88. The minimum absolute atomic E-state index is 0.0119. The number of rotatable bonds is 7. The van der Waals surface area contributed by atoms with Crippen molar-refractivity contribution < 1.29 is 14.7 Å². The van der Waals surface area contributed by atoms with Gasteiger partial charge in [0.25, 0.3) is 0 Å². The van der Waals surface area contributed by atoms with Crippen LogP contribution in [0.1, 0.15) is 42.6 Å². The normalized spacial score (nSPS) is 12.4. The van der Waals surface area contributed by atoms with Crippen molar-refractivity contribution in [1.29, 1.82) is 0 Å². The van der Waals surface area contributed by atoms with Crippen LogP contribution in [0.3, 0.4) is 0 Å². The van der Waals surface area contributed by atoms with E-state index in [1.165, 1.54) is 0 Å². The molecule has 0 aromatic heterocycles. The molecule has 0 aliphatic heterocycles. The molecule has 4 heteroatoms. The quantitative estimate of drug-likeness (QED) is 0.741. The number of hydrogen-bond donors (Lipinski definition) is 2. The molecule has 19 heavy (non-hydrogen) atoms. The number of aliphatic carboxylic acids is 1. The van der Waals surface area contributed by atoms with Crippen molar-refractivity contribution in [3.8, 4) is 0 Å². The summed E-state index contributed by atoms with van der Waals surface area (Å²) in [5.41, 5.74) is 1.71. The second-order valence-electron chi connectivity index (χ2n) is 5.04. The molecule has 104 valence electrons. The van der Waals surface area contributed by atoms with Crippen LogP contribution in [0.4, 0.5) is 0 Å². The van der Waals surface area contributed by atoms with E-state index in [-0.39, 0.29) is 18.2 Å². The lowest BCUT2D eigenvalue weighted by atomic mass is 9.98. The first kappa shape index (κ1) is 15.4. The molecule has 0 saturated heterocycles. The first-order chi connectivity index (χ1) is 8.90. The Kier molecular flexibility index (Phi) is 5.70. The van der Waals surface area contributed by atoms with Crippen molar-refractivity contribution in [3.63, 3.8) is 0 Å². The Hall–Kier alpha value is -1.68.